The lowest BCUT2D eigenvalue weighted by Gasteiger charge is -2.46. The van der Waals surface area contributed by atoms with Gasteiger partial charge in [-0.15, -0.1) is 0 Å². The molecule has 0 atom stereocenters. The molecule has 204 valence electrons. The van der Waals surface area contributed by atoms with Crippen LogP contribution in [0, 0.1) is 0 Å². The van der Waals surface area contributed by atoms with Crippen molar-refractivity contribution in [2.24, 2.45) is 0 Å². The number of benzene rings is 2. The molecule has 3 heterocycles. The molecule has 9 nitrogen and oxygen atoms in total. The molecule has 1 N–H and O–H groups in total. The first-order valence-corrected chi connectivity index (χ1v) is 13.6. The molecule has 0 spiro atoms. The highest BCUT2D eigenvalue weighted by atomic mass is 16.2. The van der Waals surface area contributed by atoms with Crippen LogP contribution in [-0.4, -0.2) is 85.4 Å². The average molecular weight is 528 g/mol. The molecular formula is C30H37N7O2. The maximum atomic E-state index is 13.6. The summed E-state index contributed by atoms with van der Waals surface area (Å²) in [4.78, 5) is 44.0. The quantitative estimate of drug-likeness (QED) is 0.523. The smallest absolute Gasteiger partial charge is 0.263 e. The van der Waals surface area contributed by atoms with Gasteiger partial charge in [0, 0.05) is 62.8 Å². The van der Waals surface area contributed by atoms with Crippen molar-refractivity contribution in [1.29, 1.82) is 0 Å². The van der Waals surface area contributed by atoms with Gasteiger partial charge >= 0.3 is 0 Å². The zero-order valence-electron chi connectivity index (χ0n) is 23.2. The number of piperidine rings is 1. The van der Waals surface area contributed by atoms with Gasteiger partial charge in [-0.05, 0) is 57.6 Å². The topological polar surface area (TPSA) is 84.9 Å². The van der Waals surface area contributed by atoms with Crippen LogP contribution in [0.3, 0.4) is 0 Å². The van der Waals surface area contributed by atoms with Gasteiger partial charge in [0.1, 0.15) is 11.4 Å². The molecule has 1 saturated heterocycles. The summed E-state index contributed by atoms with van der Waals surface area (Å²) in [6, 6.07) is 18.0. The van der Waals surface area contributed by atoms with Gasteiger partial charge in [0.2, 0.25) is 5.95 Å². The van der Waals surface area contributed by atoms with Gasteiger partial charge in [0.15, 0.2) is 0 Å². The van der Waals surface area contributed by atoms with Crippen molar-refractivity contribution in [3.05, 3.63) is 77.5 Å². The second kappa shape index (κ2) is 11.0. The minimum absolute atomic E-state index is 0.00401. The Morgan fingerprint density at radius 1 is 1.03 bits per heavy atom. The predicted octanol–water partition coefficient (Wildman–Crippen LogP) is 3.70. The lowest BCUT2D eigenvalue weighted by molar-refractivity contribution is 0.0411. The molecule has 1 aromatic heterocycles. The van der Waals surface area contributed by atoms with Gasteiger partial charge in [-0.1, -0.05) is 36.4 Å². The van der Waals surface area contributed by atoms with Crippen LogP contribution in [-0.2, 0) is 5.54 Å². The Hall–Kier alpha value is -3.98. The summed E-state index contributed by atoms with van der Waals surface area (Å²) in [5.41, 5.74) is 2.94. The molecule has 0 unspecified atom stereocenters. The van der Waals surface area contributed by atoms with Crippen LogP contribution in [0.2, 0.25) is 0 Å². The first kappa shape index (κ1) is 26.6. The summed E-state index contributed by atoms with van der Waals surface area (Å²) in [5.74, 6) is 0.940. The minimum Gasteiger partial charge on any atom is -0.357 e. The highest BCUT2D eigenvalue weighted by molar-refractivity contribution is 6.10. The van der Waals surface area contributed by atoms with Crippen molar-refractivity contribution in [2.75, 3.05) is 69.0 Å². The molecule has 0 saturated carbocycles. The van der Waals surface area contributed by atoms with Gasteiger partial charge in [-0.2, -0.15) is 4.98 Å². The molecule has 0 radical (unpaired) electrons. The minimum atomic E-state index is -0.168. The van der Waals surface area contributed by atoms with Crippen LogP contribution in [0.4, 0.5) is 17.5 Å². The summed E-state index contributed by atoms with van der Waals surface area (Å²) < 4.78 is 0. The zero-order valence-corrected chi connectivity index (χ0v) is 23.2. The summed E-state index contributed by atoms with van der Waals surface area (Å²) in [5, 5.41) is 3.11. The van der Waals surface area contributed by atoms with Crippen molar-refractivity contribution in [1.82, 2.24) is 19.8 Å². The Morgan fingerprint density at radius 3 is 2.46 bits per heavy atom. The molecule has 3 aromatic rings. The number of hydrogen-bond acceptors (Lipinski definition) is 7. The predicted molar refractivity (Wildman–Crippen MR) is 155 cm³/mol. The molecule has 9 heteroatoms. The van der Waals surface area contributed by atoms with Gasteiger partial charge in [0.25, 0.3) is 11.8 Å². The van der Waals surface area contributed by atoms with E-state index >= 15 is 0 Å². The Kier molecular flexibility index (Phi) is 7.52. The third kappa shape index (κ3) is 5.06. The number of aromatic nitrogens is 2. The first-order chi connectivity index (χ1) is 18.8. The second-order valence-corrected chi connectivity index (χ2v) is 10.5. The molecule has 39 heavy (non-hydrogen) atoms. The summed E-state index contributed by atoms with van der Waals surface area (Å²) in [6.45, 7) is 5.10. The standard InChI is InChI=1S/C30H37N7O2/c1-5-31-29-32-21-25-26(33-29)35(4)18-19-37(28(25)39)24-13-9-10-22(20-24)27(38)36-16-14-30(15-17-36,34(2)3)23-11-7-6-8-12-23/h6-13,20-21H,5,14-19H2,1-4H3,(H,31,32,33). The molecule has 2 amide bonds. The van der Waals surface area contributed by atoms with E-state index in [0.717, 1.165) is 12.8 Å². The van der Waals surface area contributed by atoms with E-state index in [4.69, 9.17) is 0 Å². The van der Waals surface area contributed by atoms with Crippen LogP contribution >= 0.6 is 0 Å². The largest absolute Gasteiger partial charge is 0.357 e. The van der Waals surface area contributed by atoms with Crippen molar-refractivity contribution in [3.8, 4) is 0 Å². The average Bonchev–Trinajstić information content (AvgIpc) is 3.09. The number of fused-ring (bicyclic) bond motifs is 1. The summed E-state index contributed by atoms with van der Waals surface area (Å²) in [6.07, 6.45) is 3.31. The normalized spacial score (nSPS) is 17.2. The van der Waals surface area contributed by atoms with Crippen LogP contribution < -0.4 is 15.1 Å². The van der Waals surface area contributed by atoms with Crippen LogP contribution in [0.25, 0.3) is 0 Å². The molecule has 2 aromatic carbocycles. The Bertz CT molecular complexity index is 1340. The van der Waals surface area contributed by atoms with E-state index < -0.39 is 0 Å². The Balaban J connectivity index is 1.35. The van der Waals surface area contributed by atoms with Crippen molar-refractivity contribution in [2.45, 2.75) is 25.3 Å². The molecule has 2 aliphatic heterocycles. The van der Waals surface area contributed by atoms with E-state index in [1.807, 2.05) is 54.1 Å². The lowest BCUT2D eigenvalue weighted by Crippen LogP contribution is -2.51. The number of anilines is 3. The van der Waals surface area contributed by atoms with Crippen molar-refractivity contribution in [3.63, 3.8) is 0 Å². The SMILES string of the molecule is CCNc1ncc2c(n1)N(C)CCN(c1cccc(C(=O)N3CCC(c4ccccc4)(N(C)C)CC3)c1)C2=O. The molecule has 5 rings (SSSR count). The van der Waals surface area contributed by atoms with Crippen LogP contribution in [0.1, 0.15) is 46.0 Å². The fraction of sp³-hybridized carbons (Fsp3) is 0.400. The van der Waals surface area contributed by atoms with E-state index in [9.17, 15) is 9.59 Å². The van der Waals surface area contributed by atoms with E-state index in [0.29, 0.717) is 61.3 Å². The highest BCUT2D eigenvalue weighted by Crippen LogP contribution is 2.37. The van der Waals surface area contributed by atoms with Crippen molar-refractivity contribution >= 4 is 29.3 Å². The number of amides is 2. The van der Waals surface area contributed by atoms with Crippen LogP contribution in [0.5, 0.6) is 0 Å². The van der Waals surface area contributed by atoms with E-state index in [2.05, 4.69) is 58.5 Å². The Morgan fingerprint density at radius 2 is 1.77 bits per heavy atom. The first-order valence-electron chi connectivity index (χ1n) is 13.6. The third-order valence-corrected chi connectivity index (χ3v) is 8.05. The number of hydrogen-bond donors (Lipinski definition) is 1. The van der Waals surface area contributed by atoms with Crippen LogP contribution in [0.15, 0.2) is 60.8 Å². The van der Waals surface area contributed by atoms with E-state index in [-0.39, 0.29) is 17.4 Å². The summed E-state index contributed by atoms with van der Waals surface area (Å²) in [7, 11) is 6.17. The van der Waals surface area contributed by atoms with Crippen molar-refractivity contribution < 1.29 is 9.59 Å². The second-order valence-electron chi connectivity index (χ2n) is 10.5. The fourth-order valence-corrected chi connectivity index (χ4v) is 5.72. The number of likely N-dealkylation sites (N-methyl/N-ethyl adjacent to an activating group) is 1. The molecule has 0 aliphatic carbocycles. The lowest BCUT2D eigenvalue weighted by atomic mass is 9.79. The van der Waals surface area contributed by atoms with Gasteiger partial charge in [0.05, 0.1) is 0 Å². The fourth-order valence-electron chi connectivity index (χ4n) is 5.72. The number of rotatable bonds is 6. The molecule has 0 bridgehead atoms. The maximum absolute atomic E-state index is 13.6. The monoisotopic (exact) mass is 527 g/mol. The van der Waals surface area contributed by atoms with Gasteiger partial charge < -0.3 is 20.0 Å². The number of likely N-dealkylation sites (tertiary alicyclic amines) is 1. The Labute approximate surface area is 230 Å². The van der Waals surface area contributed by atoms with Gasteiger partial charge in [-0.25, -0.2) is 4.98 Å². The number of nitrogens with one attached hydrogen (secondary N) is 1. The number of carbonyl (C=O) groups is 2. The van der Waals surface area contributed by atoms with E-state index in [1.54, 1.807) is 11.1 Å². The number of carbonyl (C=O) groups excluding carboxylic acids is 2. The van der Waals surface area contributed by atoms with E-state index in [1.165, 1.54) is 5.56 Å². The summed E-state index contributed by atoms with van der Waals surface area (Å²) >= 11 is 0. The van der Waals surface area contributed by atoms with Gasteiger partial charge in [-0.3, -0.25) is 14.5 Å². The molecule has 2 aliphatic rings. The highest BCUT2D eigenvalue weighted by Gasteiger charge is 2.39. The zero-order chi connectivity index (χ0) is 27.6. The molecule has 1 fully saturated rings. The molecular weight excluding hydrogens is 490 g/mol. The maximum Gasteiger partial charge on any atom is 0.263 e. The number of nitrogens with zero attached hydrogens (tertiary/aromatic N) is 6. The third-order valence-electron chi connectivity index (χ3n) is 8.05.